The van der Waals surface area contributed by atoms with Crippen LogP contribution in [-0.2, 0) is 0 Å². The van der Waals surface area contributed by atoms with E-state index in [1.165, 1.54) is 4.90 Å². The lowest BCUT2D eigenvalue weighted by Gasteiger charge is -2.33. The average molecular weight is 322 g/mol. The molecule has 2 rings (SSSR count). The Hall–Kier alpha value is -1.51. The van der Waals surface area contributed by atoms with E-state index in [4.69, 9.17) is 5.73 Å². The topological polar surface area (TPSA) is 71.2 Å². The van der Waals surface area contributed by atoms with Gasteiger partial charge in [0.2, 0.25) is 0 Å². The maximum absolute atomic E-state index is 12.8. The van der Waals surface area contributed by atoms with Gasteiger partial charge in [0, 0.05) is 19.6 Å². The normalized spacial score (nSPS) is 19.6. The summed E-state index contributed by atoms with van der Waals surface area (Å²) < 4.78 is 38.3. The van der Waals surface area contributed by atoms with Gasteiger partial charge < -0.3 is 16.0 Å². The van der Waals surface area contributed by atoms with Crippen LogP contribution in [0.1, 0.15) is 29.4 Å². The van der Waals surface area contributed by atoms with Gasteiger partial charge in [0.25, 0.3) is 5.91 Å². The predicted octanol–water partition coefficient (Wildman–Crippen LogP) is 2.57. The second-order valence-electron chi connectivity index (χ2n) is 4.90. The number of thiazole rings is 1. The van der Waals surface area contributed by atoms with Crippen molar-refractivity contribution in [1.29, 1.82) is 0 Å². The summed E-state index contributed by atoms with van der Waals surface area (Å²) in [5.41, 5.74) is 5.69. The van der Waals surface area contributed by atoms with Crippen molar-refractivity contribution in [3.05, 3.63) is 4.88 Å². The lowest BCUT2D eigenvalue weighted by molar-refractivity contribution is -0.184. The number of amides is 1. The Kier molecular flexibility index (Phi) is 4.60. The smallest absolute Gasteiger partial charge is 0.382 e. The minimum Gasteiger partial charge on any atom is -0.382 e. The molecule has 1 atom stereocenters. The van der Waals surface area contributed by atoms with Gasteiger partial charge in [0.15, 0.2) is 5.13 Å². The maximum atomic E-state index is 12.8. The van der Waals surface area contributed by atoms with Crippen LogP contribution < -0.4 is 11.1 Å². The zero-order valence-corrected chi connectivity index (χ0v) is 12.4. The largest absolute Gasteiger partial charge is 0.393 e. The van der Waals surface area contributed by atoms with Crippen LogP contribution in [0.3, 0.4) is 0 Å². The first-order valence-corrected chi connectivity index (χ1v) is 7.50. The van der Waals surface area contributed by atoms with Crippen molar-refractivity contribution in [2.75, 3.05) is 30.7 Å². The third-order valence-corrected chi connectivity index (χ3v) is 4.36. The number of nitrogens with zero attached hydrogens (tertiary/aromatic N) is 2. The fourth-order valence-corrected chi connectivity index (χ4v) is 3.20. The van der Waals surface area contributed by atoms with Crippen molar-refractivity contribution in [3.63, 3.8) is 0 Å². The Labute approximate surface area is 124 Å². The van der Waals surface area contributed by atoms with Crippen molar-refractivity contribution in [1.82, 2.24) is 9.88 Å². The van der Waals surface area contributed by atoms with Crippen LogP contribution in [0.15, 0.2) is 0 Å². The molecule has 1 unspecified atom stereocenters. The molecule has 21 heavy (non-hydrogen) atoms. The SMILES string of the molecule is CCNc1nc(N)c(C(=O)N2CCCC(C(F)(F)F)C2)s1. The maximum Gasteiger partial charge on any atom is 0.393 e. The number of nitrogen functional groups attached to an aromatic ring is 1. The highest BCUT2D eigenvalue weighted by Crippen LogP contribution is 2.34. The van der Waals surface area contributed by atoms with Crippen molar-refractivity contribution < 1.29 is 18.0 Å². The number of aromatic nitrogens is 1. The molecular weight excluding hydrogens is 305 g/mol. The molecule has 3 N–H and O–H groups in total. The minimum absolute atomic E-state index is 0.0636. The number of halogens is 3. The number of hydrogen-bond donors (Lipinski definition) is 2. The highest BCUT2D eigenvalue weighted by molar-refractivity contribution is 7.18. The van der Waals surface area contributed by atoms with E-state index in [2.05, 4.69) is 10.3 Å². The van der Waals surface area contributed by atoms with E-state index in [1.54, 1.807) is 0 Å². The summed E-state index contributed by atoms with van der Waals surface area (Å²) in [5, 5.41) is 3.44. The standard InChI is InChI=1S/C12H17F3N4OS/c1-2-17-11-18-9(16)8(21-11)10(20)19-5-3-4-7(6-19)12(13,14)15/h7H,2-6,16H2,1H3,(H,17,18). The van der Waals surface area contributed by atoms with Crippen LogP contribution in [0.2, 0.25) is 0 Å². The number of rotatable bonds is 3. The summed E-state index contributed by atoms with van der Waals surface area (Å²) in [7, 11) is 0. The van der Waals surface area contributed by atoms with Crippen LogP contribution in [0.4, 0.5) is 24.1 Å². The van der Waals surface area contributed by atoms with Gasteiger partial charge in [-0.1, -0.05) is 11.3 Å². The van der Waals surface area contributed by atoms with E-state index in [0.717, 1.165) is 11.3 Å². The van der Waals surface area contributed by atoms with Gasteiger partial charge >= 0.3 is 6.18 Å². The van der Waals surface area contributed by atoms with E-state index >= 15 is 0 Å². The Bertz CT molecular complexity index is 517. The van der Waals surface area contributed by atoms with E-state index in [9.17, 15) is 18.0 Å². The Morgan fingerprint density at radius 1 is 1.57 bits per heavy atom. The number of carbonyl (C=O) groups excluding carboxylic acids is 1. The zero-order chi connectivity index (χ0) is 15.6. The highest BCUT2D eigenvalue weighted by atomic mass is 32.1. The first kappa shape index (κ1) is 15.9. The van der Waals surface area contributed by atoms with E-state index < -0.39 is 18.0 Å². The monoisotopic (exact) mass is 322 g/mol. The summed E-state index contributed by atoms with van der Waals surface area (Å²) in [6.07, 6.45) is -3.87. The van der Waals surface area contributed by atoms with Crippen LogP contribution in [-0.4, -0.2) is 41.6 Å². The van der Waals surface area contributed by atoms with Gasteiger partial charge in [-0.25, -0.2) is 4.98 Å². The molecule has 9 heteroatoms. The molecular formula is C12H17F3N4OS. The van der Waals surface area contributed by atoms with Crippen molar-refractivity contribution in [3.8, 4) is 0 Å². The summed E-state index contributed by atoms with van der Waals surface area (Å²) in [6, 6.07) is 0. The third kappa shape index (κ3) is 3.58. The van der Waals surface area contributed by atoms with Gasteiger partial charge in [0.05, 0.1) is 5.92 Å². The number of anilines is 2. The molecule has 1 saturated heterocycles. The molecule has 1 amide bonds. The Balaban J connectivity index is 2.12. The molecule has 0 spiro atoms. The number of likely N-dealkylation sites (tertiary alicyclic amines) is 1. The van der Waals surface area contributed by atoms with Gasteiger partial charge in [-0.05, 0) is 19.8 Å². The van der Waals surface area contributed by atoms with E-state index in [1.807, 2.05) is 6.92 Å². The molecule has 1 aromatic rings. The number of nitrogens with two attached hydrogens (primary N) is 1. The molecule has 1 aromatic heterocycles. The number of carbonyl (C=O) groups is 1. The molecule has 0 radical (unpaired) electrons. The number of nitrogens with one attached hydrogen (secondary N) is 1. The van der Waals surface area contributed by atoms with Crippen molar-refractivity contribution in [2.24, 2.45) is 5.92 Å². The van der Waals surface area contributed by atoms with Gasteiger partial charge in [-0.3, -0.25) is 4.79 Å². The van der Waals surface area contributed by atoms with Gasteiger partial charge in [-0.2, -0.15) is 13.2 Å². The van der Waals surface area contributed by atoms with Crippen LogP contribution in [0.25, 0.3) is 0 Å². The molecule has 1 aliphatic heterocycles. The lowest BCUT2D eigenvalue weighted by Crippen LogP contribution is -2.44. The van der Waals surface area contributed by atoms with Crippen LogP contribution in [0, 0.1) is 5.92 Å². The lowest BCUT2D eigenvalue weighted by atomic mass is 9.97. The van der Waals surface area contributed by atoms with Crippen LogP contribution in [0.5, 0.6) is 0 Å². The Morgan fingerprint density at radius 2 is 2.29 bits per heavy atom. The molecule has 0 saturated carbocycles. The van der Waals surface area contributed by atoms with Crippen molar-refractivity contribution in [2.45, 2.75) is 25.9 Å². The molecule has 1 fully saturated rings. The fraction of sp³-hybridized carbons (Fsp3) is 0.667. The average Bonchev–Trinajstić information content (AvgIpc) is 2.78. The second kappa shape index (κ2) is 6.08. The molecule has 1 aliphatic rings. The molecule has 0 bridgehead atoms. The Morgan fingerprint density at radius 3 is 2.90 bits per heavy atom. The highest BCUT2D eigenvalue weighted by Gasteiger charge is 2.43. The molecule has 0 aliphatic carbocycles. The van der Waals surface area contributed by atoms with Gasteiger partial charge in [-0.15, -0.1) is 0 Å². The third-order valence-electron chi connectivity index (χ3n) is 3.35. The minimum atomic E-state index is -4.27. The fourth-order valence-electron chi connectivity index (χ4n) is 2.28. The molecule has 5 nitrogen and oxygen atoms in total. The number of piperidine rings is 1. The van der Waals surface area contributed by atoms with Crippen LogP contribution >= 0.6 is 11.3 Å². The molecule has 2 heterocycles. The zero-order valence-electron chi connectivity index (χ0n) is 11.5. The number of alkyl halides is 3. The summed E-state index contributed by atoms with van der Waals surface area (Å²) >= 11 is 1.07. The summed E-state index contributed by atoms with van der Waals surface area (Å²) in [6.45, 7) is 2.51. The quantitative estimate of drug-likeness (QED) is 0.897. The molecule has 118 valence electrons. The number of hydrogen-bond acceptors (Lipinski definition) is 5. The predicted molar refractivity (Wildman–Crippen MR) is 75.4 cm³/mol. The molecule has 0 aromatic carbocycles. The first-order valence-electron chi connectivity index (χ1n) is 6.69. The first-order chi connectivity index (χ1) is 9.82. The van der Waals surface area contributed by atoms with E-state index in [0.29, 0.717) is 24.6 Å². The van der Waals surface area contributed by atoms with Gasteiger partial charge in [0.1, 0.15) is 10.7 Å². The second-order valence-corrected chi connectivity index (χ2v) is 5.89. The van der Waals surface area contributed by atoms with Crippen molar-refractivity contribution >= 4 is 28.2 Å². The van der Waals surface area contributed by atoms with E-state index in [-0.39, 0.29) is 23.7 Å². The summed E-state index contributed by atoms with van der Waals surface area (Å²) in [4.78, 5) is 17.8. The summed E-state index contributed by atoms with van der Waals surface area (Å²) in [5.74, 6) is -1.87.